The summed E-state index contributed by atoms with van der Waals surface area (Å²) in [5.41, 5.74) is 2.29. The highest BCUT2D eigenvalue weighted by atomic mass is 15.3. The highest BCUT2D eigenvalue weighted by Crippen LogP contribution is 2.18. The fraction of sp³-hybridized carbons (Fsp3) is 0.312. The van der Waals surface area contributed by atoms with Crippen LogP contribution in [-0.4, -0.2) is 16.3 Å². The van der Waals surface area contributed by atoms with Crippen LogP contribution in [0.5, 0.6) is 0 Å². The molecule has 1 unspecified atom stereocenters. The van der Waals surface area contributed by atoms with Crippen molar-refractivity contribution in [2.24, 2.45) is 0 Å². The second-order valence-electron chi connectivity index (χ2n) is 4.58. The van der Waals surface area contributed by atoms with Crippen LogP contribution in [0.15, 0.2) is 55.4 Å². The molecule has 100 valence electrons. The molecule has 0 spiro atoms. The van der Waals surface area contributed by atoms with Gasteiger partial charge in [-0.1, -0.05) is 31.2 Å². The molecule has 0 saturated heterocycles. The predicted octanol–water partition coefficient (Wildman–Crippen LogP) is 3.49. The summed E-state index contributed by atoms with van der Waals surface area (Å²) < 4.78 is 1.92. The Bertz CT molecular complexity index is 502. The zero-order valence-electron chi connectivity index (χ0n) is 11.4. The van der Waals surface area contributed by atoms with Crippen LogP contribution in [-0.2, 0) is 0 Å². The van der Waals surface area contributed by atoms with Crippen molar-refractivity contribution in [3.05, 3.63) is 60.9 Å². The Labute approximate surface area is 115 Å². The van der Waals surface area contributed by atoms with Gasteiger partial charge < -0.3 is 5.32 Å². The van der Waals surface area contributed by atoms with Crippen molar-refractivity contribution < 1.29 is 0 Å². The number of para-hydroxylation sites is 1. The van der Waals surface area contributed by atoms with Crippen molar-refractivity contribution in [2.75, 3.05) is 6.54 Å². The first-order valence-corrected chi connectivity index (χ1v) is 6.79. The maximum atomic E-state index is 4.44. The third-order valence-electron chi connectivity index (χ3n) is 3.07. The second kappa shape index (κ2) is 6.90. The van der Waals surface area contributed by atoms with Crippen molar-refractivity contribution in [2.45, 2.75) is 25.8 Å². The van der Waals surface area contributed by atoms with Crippen LogP contribution in [0.4, 0.5) is 0 Å². The highest BCUT2D eigenvalue weighted by Gasteiger charge is 2.11. The van der Waals surface area contributed by atoms with E-state index in [4.69, 9.17) is 0 Å². The Balaban J connectivity index is 2.16. The van der Waals surface area contributed by atoms with Gasteiger partial charge in [-0.05, 0) is 31.5 Å². The molecule has 19 heavy (non-hydrogen) atoms. The van der Waals surface area contributed by atoms with Crippen molar-refractivity contribution in [1.82, 2.24) is 15.1 Å². The van der Waals surface area contributed by atoms with E-state index in [-0.39, 0.29) is 0 Å². The van der Waals surface area contributed by atoms with Crippen LogP contribution in [0.25, 0.3) is 5.69 Å². The van der Waals surface area contributed by atoms with Gasteiger partial charge in [0.05, 0.1) is 11.9 Å². The number of nitrogens with one attached hydrogen (secondary N) is 1. The molecule has 1 N–H and O–H groups in total. The lowest BCUT2D eigenvalue weighted by molar-refractivity contribution is 0.537. The van der Waals surface area contributed by atoms with Gasteiger partial charge in [0.15, 0.2) is 0 Å². The molecule has 0 amide bonds. The zero-order chi connectivity index (χ0) is 13.5. The number of benzene rings is 1. The summed E-state index contributed by atoms with van der Waals surface area (Å²) in [5, 5.41) is 7.97. The number of hydrogen-bond acceptors (Lipinski definition) is 2. The number of rotatable bonds is 7. The molecule has 0 saturated carbocycles. The molecule has 1 aromatic carbocycles. The van der Waals surface area contributed by atoms with Gasteiger partial charge in [-0.15, -0.1) is 6.58 Å². The van der Waals surface area contributed by atoms with E-state index >= 15 is 0 Å². The van der Waals surface area contributed by atoms with Crippen LogP contribution in [0.3, 0.4) is 0 Å². The van der Waals surface area contributed by atoms with Crippen LogP contribution in [0.1, 0.15) is 31.4 Å². The van der Waals surface area contributed by atoms with Crippen molar-refractivity contribution in [1.29, 1.82) is 0 Å². The lowest BCUT2D eigenvalue weighted by Crippen LogP contribution is -2.21. The third kappa shape index (κ3) is 3.55. The van der Waals surface area contributed by atoms with E-state index in [1.54, 1.807) is 0 Å². The van der Waals surface area contributed by atoms with Crippen LogP contribution in [0.2, 0.25) is 0 Å². The monoisotopic (exact) mass is 255 g/mol. The predicted molar refractivity (Wildman–Crippen MR) is 79.4 cm³/mol. The molecule has 0 aliphatic carbocycles. The molecular weight excluding hydrogens is 234 g/mol. The second-order valence-corrected chi connectivity index (χ2v) is 4.58. The molecule has 1 heterocycles. The van der Waals surface area contributed by atoms with E-state index in [9.17, 15) is 0 Å². The molecule has 1 aromatic heterocycles. The SMILES string of the molecule is C=CCC(NCCC)c1cnn(-c2ccccc2)c1. The Kier molecular flexibility index (Phi) is 4.93. The third-order valence-corrected chi connectivity index (χ3v) is 3.07. The molecule has 0 bridgehead atoms. The molecule has 3 nitrogen and oxygen atoms in total. The minimum atomic E-state index is 0.301. The summed E-state index contributed by atoms with van der Waals surface area (Å²) in [6, 6.07) is 10.5. The Morgan fingerprint density at radius 1 is 1.37 bits per heavy atom. The van der Waals surface area contributed by atoms with Gasteiger partial charge in [-0.25, -0.2) is 4.68 Å². The van der Waals surface area contributed by atoms with Gasteiger partial charge in [0, 0.05) is 17.8 Å². The Hall–Kier alpha value is -1.87. The summed E-state index contributed by atoms with van der Waals surface area (Å²) in [6.45, 7) is 7.01. The smallest absolute Gasteiger partial charge is 0.0645 e. The molecule has 1 atom stereocenters. The van der Waals surface area contributed by atoms with Gasteiger partial charge in [0.25, 0.3) is 0 Å². The minimum absolute atomic E-state index is 0.301. The first-order chi connectivity index (χ1) is 9.35. The van der Waals surface area contributed by atoms with Gasteiger partial charge in [0.2, 0.25) is 0 Å². The normalized spacial score (nSPS) is 12.3. The van der Waals surface area contributed by atoms with Crippen molar-refractivity contribution >= 4 is 0 Å². The maximum Gasteiger partial charge on any atom is 0.0645 e. The van der Waals surface area contributed by atoms with E-state index in [1.807, 2.05) is 35.2 Å². The van der Waals surface area contributed by atoms with Gasteiger partial charge in [-0.2, -0.15) is 5.10 Å². The molecule has 2 aromatic rings. The average molecular weight is 255 g/mol. The first-order valence-electron chi connectivity index (χ1n) is 6.79. The van der Waals surface area contributed by atoms with Crippen molar-refractivity contribution in [3.8, 4) is 5.69 Å². The lowest BCUT2D eigenvalue weighted by atomic mass is 10.1. The number of aromatic nitrogens is 2. The standard InChI is InChI=1S/C16H21N3/c1-3-8-16(17-11-4-2)14-12-18-19(13-14)15-9-6-5-7-10-15/h3,5-7,9-10,12-13,16-17H,1,4,8,11H2,2H3. The lowest BCUT2D eigenvalue weighted by Gasteiger charge is -2.14. The fourth-order valence-electron chi connectivity index (χ4n) is 2.06. The maximum absolute atomic E-state index is 4.44. The molecular formula is C16H21N3. The van der Waals surface area contributed by atoms with E-state index in [0.29, 0.717) is 6.04 Å². The summed E-state index contributed by atoms with van der Waals surface area (Å²) in [4.78, 5) is 0. The molecule has 3 heteroatoms. The summed E-state index contributed by atoms with van der Waals surface area (Å²) >= 11 is 0. The van der Waals surface area contributed by atoms with Crippen molar-refractivity contribution in [3.63, 3.8) is 0 Å². The Morgan fingerprint density at radius 2 is 2.16 bits per heavy atom. The first kappa shape index (κ1) is 13.6. The minimum Gasteiger partial charge on any atom is -0.310 e. The molecule has 0 aliphatic rings. The molecule has 2 rings (SSSR count). The van der Waals surface area contributed by atoms with Gasteiger partial charge >= 0.3 is 0 Å². The van der Waals surface area contributed by atoms with Gasteiger partial charge in [-0.3, -0.25) is 0 Å². The number of hydrogen-bond donors (Lipinski definition) is 1. The molecule has 0 aliphatic heterocycles. The van der Waals surface area contributed by atoms with Crippen LogP contribution in [0, 0.1) is 0 Å². The average Bonchev–Trinajstić information content (AvgIpc) is 2.94. The number of nitrogens with zero attached hydrogens (tertiary/aromatic N) is 2. The fourth-order valence-corrected chi connectivity index (χ4v) is 2.06. The quantitative estimate of drug-likeness (QED) is 0.767. The van der Waals surface area contributed by atoms with Crippen LogP contribution < -0.4 is 5.32 Å². The summed E-state index contributed by atoms with van der Waals surface area (Å²) in [6.07, 6.45) is 8.02. The zero-order valence-corrected chi connectivity index (χ0v) is 11.4. The highest BCUT2D eigenvalue weighted by molar-refractivity contribution is 5.31. The van der Waals surface area contributed by atoms with E-state index < -0.39 is 0 Å². The summed E-state index contributed by atoms with van der Waals surface area (Å²) in [5.74, 6) is 0. The molecule has 0 fully saturated rings. The van der Waals surface area contributed by atoms with E-state index in [0.717, 1.165) is 25.1 Å². The Morgan fingerprint density at radius 3 is 2.84 bits per heavy atom. The van der Waals surface area contributed by atoms with Crippen LogP contribution >= 0.6 is 0 Å². The molecule has 0 radical (unpaired) electrons. The van der Waals surface area contributed by atoms with Gasteiger partial charge in [0.1, 0.15) is 0 Å². The summed E-state index contributed by atoms with van der Waals surface area (Å²) in [7, 11) is 0. The van der Waals surface area contributed by atoms with E-state index in [1.165, 1.54) is 5.56 Å². The van der Waals surface area contributed by atoms with E-state index in [2.05, 4.69) is 42.2 Å². The largest absolute Gasteiger partial charge is 0.310 e. The topological polar surface area (TPSA) is 29.9 Å².